The fraction of sp³-hybridized carbons (Fsp3) is 0.429. The largest absolute Gasteiger partial charge is 0.460 e. The summed E-state index contributed by atoms with van der Waals surface area (Å²) < 4.78 is 86.4. The van der Waals surface area contributed by atoms with Gasteiger partial charge in [0, 0.05) is 6.20 Å². The van der Waals surface area contributed by atoms with E-state index in [-0.39, 0.29) is 0 Å². The molecular weight excluding hydrogens is 281 g/mol. The van der Waals surface area contributed by atoms with E-state index in [4.69, 9.17) is 11.6 Å². The highest BCUT2D eigenvalue weighted by Crippen LogP contribution is 2.50. The number of aromatic nitrogens is 2. The predicted molar refractivity (Wildman–Crippen MR) is 41.9 cm³/mol. The van der Waals surface area contributed by atoms with E-state index in [9.17, 15) is 30.7 Å². The summed E-state index contributed by atoms with van der Waals surface area (Å²) in [7, 11) is 0. The van der Waals surface area contributed by atoms with E-state index >= 15 is 0 Å². The van der Waals surface area contributed by atoms with Crippen molar-refractivity contribution in [2.24, 2.45) is 0 Å². The van der Waals surface area contributed by atoms with Crippen LogP contribution in [0.5, 0.6) is 0 Å². The topological polar surface area (TPSA) is 25.8 Å². The standard InChI is InChI=1S/C7H2ClF7N2/c8-3-1-2-16-4(17-3)5(9,10)6(11,12)7(13,14)15/h1-2H. The molecule has 0 fully saturated rings. The van der Waals surface area contributed by atoms with Crippen molar-refractivity contribution in [1.82, 2.24) is 9.97 Å². The van der Waals surface area contributed by atoms with E-state index in [1.807, 2.05) is 0 Å². The fourth-order valence-electron chi connectivity index (χ4n) is 0.806. The monoisotopic (exact) mass is 282 g/mol. The third-order valence-corrected chi connectivity index (χ3v) is 1.86. The van der Waals surface area contributed by atoms with Gasteiger partial charge in [0.15, 0.2) is 0 Å². The van der Waals surface area contributed by atoms with Crippen LogP contribution < -0.4 is 0 Å². The average molecular weight is 283 g/mol. The van der Waals surface area contributed by atoms with Gasteiger partial charge in [-0.1, -0.05) is 11.6 Å². The Balaban J connectivity index is 3.28. The van der Waals surface area contributed by atoms with Crippen LogP contribution in [0.15, 0.2) is 12.3 Å². The van der Waals surface area contributed by atoms with Gasteiger partial charge in [-0.25, -0.2) is 9.97 Å². The lowest BCUT2D eigenvalue weighted by Crippen LogP contribution is -2.50. The highest BCUT2D eigenvalue weighted by Gasteiger charge is 2.75. The second kappa shape index (κ2) is 3.97. The minimum absolute atomic E-state index is 0.547. The Morgan fingerprint density at radius 3 is 1.94 bits per heavy atom. The van der Waals surface area contributed by atoms with Crippen LogP contribution >= 0.6 is 11.6 Å². The van der Waals surface area contributed by atoms with Crippen LogP contribution in [0, 0.1) is 0 Å². The second-order valence-electron chi connectivity index (χ2n) is 2.85. The highest BCUT2D eigenvalue weighted by atomic mass is 35.5. The van der Waals surface area contributed by atoms with Gasteiger partial charge < -0.3 is 0 Å². The zero-order valence-corrected chi connectivity index (χ0v) is 8.33. The van der Waals surface area contributed by atoms with Gasteiger partial charge in [-0.05, 0) is 6.07 Å². The first-order valence-electron chi connectivity index (χ1n) is 3.81. The zero-order chi connectivity index (χ0) is 13.5. The molecule has 0 aliphatic heterocycles. The summed E-state index contributed by atoms with van der Waals surface area (Å²) in [5.41, 5.74) is 0. The molecular formula is C7H2ClF7N2. The smallest absolute Gasteiger partial charge is 0.235 e. The van der Waals surface area contributed by atoms with Crippen molar-refractivity contribution in [1.29, 1.82) is 0 Å². The first-order valence-corrected chi connectivity index (χ1v) is 4.19. The Kier molecular flexibility index (Phi) is 3.25. The van der Waals surface area contributed by atoms with Crippen LogP contribution in [0.4, 0.5) is 30.7 Å². The molecule has 0 saturated carbocycles. The van der Waals surface area contributed by atoms with Gasteiger partial charge in [0.05, 0.1) is 0 Å². The summed E-state index contributed by atoms with van der Waals surface area (Å²) in [6, 6.07) is 0.854. The Bertz CT molecular complexity index is 417. The highest BCUT2D eigenvalue weighted by molar-refractivity contribution is 6.29. The molecule has 96 valence electrons. The normalized spacial score (nSPS) is 13.9. The maximum atomic E-state index is 13.0. The Morgan fingerprint density at radius 2 is 1.53 bits per heavy atom. The van der Waals surface area contributed by atoms with Gasteiger partial charge in [-0.3, -0.25) is 0 Å². The average Bonchev–Trinajstić information content (AvgIpc) is 2.15. The number of halogens is 8. The van der Waals surface area contributed by atoms with Gasteiger partial charge in [0.2, 0.25) is 5.82 Å². The third-order valence-electron chi connectivity index (χ3n) is 1.65. The molecule has 0 aliphatic carbocycles. The van der Waals surface area contributed by atoms with E-state index < -0.39 is 29.0 Å². The predicted octanol–water partition coefficient (Wildman–Crippen LogP) is 3.42. The number of nitrogens with zero attached hydrogens (tertiary/aromatic N) is 2. The van der Waals surface area contributed by atoms with E-state index in [2.05, 4.69) is 9.97 Å². The summed E-state index contributed by atoms with van der Waals surface area (Å²) in [6.45, 7) is 0. The lowest BCUT2D eigenvalue weighted by Gasteiger charge is -2.26. The molecule has 1 aromatic rings. The molecule has 0 unspecified atom stereocenters. The molecule has 2 nitrogen and oxygen atoms in total. The molecule has 0 bridgehead atoms. The SMILES string of the molecule is FC(F)(F)C(F)(F)C(F)(F)c1nccc(Cl)n1. The van der Waals surface area contributed by atoms with Gasteiger partial charge >= 0.3 is 18.0 Å². The minimum atomic E-state index is -6.43. The quantitative estimate of drug-likeness (QED) is 0.613. The van der Waals surface area contributed by atoms with E-state index in [0.29, 0.717) is 6.20 Å². The third kappa shape index (κ3) is 2.28. The fourth-order valence-corrected chi connectivity index (χ4v) is 0.943. The molecule has 0 radical (unpaired) electrons. The maximum absolute atomic E-state index is 13.0. The van der Waals surface area contributed by atoms with Crippen molar-refractivity contribution in [2.45, 2.75) is 18.0 Å². The Labute approximate surface area is 94.4 Å². The molecule has 10 heteroatoms. The van der Waals surface area contributed by atoms with Crippen LogP contribution in [0.2, 0.25) is 5.15 Å². The summed E-state index contributed by atoms with van der Waals surface area (Å²) in [4.78, 5) is 5.31. The maximum Gasteiger partial charge on any atom is 0.460 e. The molecule has 0 amide bonds. The second-order valence-corrected chi connectivity index (χ2v) is 3.24. The molecule has 1 rings (SSSR count). The summed E-state index contributed by atoms with van der Waals surface area (Å²) >= 11 is 5.10. The van der Waals surface area contributed by atoms with Crippen LogP contribution in [0.25, 0.3) is 0 Å². The summed E-state index contributed by atoms with van der Waals surface area (Å²) in [5.74, 6) is -13.9. The number of alkyl halides is 7. The van der Waals surface area contributed by atoms with Crippen LogP contribution in [-0.4, -0.2) is 22.1 Å². The number of hydrogen-bond donors (Lipinski definition) is 0. The molecule has 0 atom stereocenters. The molecule has 0 spiro atoms. The lowest BCUT2D eigenvalue weighted by molar-refractivity contribution is -0.361. The van der Waals surface area contributed by atoms with E-state index in [0.717, 1.165) is 6.07 Å². The number of hydrogen-bond acceptors (Lipinski definition) is 2. The zero-order valence-electron chi connectivity index (χ0n) is 7.57. The first kappa shape index (κ1) is 13.9. The Morgan fingerprint density at radius 1 is 1.00 bits per heavy atom. The molecule has 0 aromatic carbocycles. The van der Waals surface area contributed by atoms with Gasteiger partial charge in [0.1, 0.15) is 5.15 Å². The van der Waals surface area contributed by atoms with Crippen molar-refractivity contribution < 1.29 is 30.7 Å². The van der Waals surface area contributed by atoms with Gasteiger partial charge in [0.25, 0.3) is 0 Å². The van der Waals surface area contributed by atoms with Crippen molar-refractivity contribution in [3.05, 3.63) is 23.2 Å². The summed E-state index contributed by atoms with van der Waals surface area (Å²) in [6.07, 6.45) is -5.88. The lowest BCUT2D eigenvalue weighted by atomic mass is 10.1. The Hall–Kier alpha value is -1.12. The van der Waals surface area contributed by atoms with Crippen molar-refractivity contribution >= 4 is 11.6 Å². The van der Waals surface area contributed by atoms with E-state index in [1.165, 1.54) is 0 Å². The molecule has 0 aliphatic rings. The molecule has 17 heavy (non-hydrogen) atoms. The summed E-state index contributed by atoms with van der Waals surface area (Å²) in [5, 5.41) is -0.673. The number of rotatable bonds is 2. The van der Waals surface area contributed by atoms with E-state index in [1.54, 1.807) is 0 Å². The van der Waals surface area contributed by atoms with Crippen molar-refractivity contribution in [2.75, 3.05) is 0 Å². The van der Waals surface area contributed by atoms with Crippen LogP contribution in [0.1, 0.15) is 5.82 Å². The first-order chi connectivity index (χ1) is 7.50. The van der Waals surface area contributed by atoms with Crippen molar-refractivity contribution in [3.63, 3.8) is 0 Å². The molecule has 1 heterocycles. The molecule has 0 saturated heterocycles. The van der Waals surface area contributed by atoms with Crippen molar-refractivity contribution in [3.8, 4) is 0 Å². The molecule has 1 aromatic heterocycles. The van der Waals surface area contributed by atoms with Gasteiger partial charge in [-0.2, -0.15) is 30.7 Å². The van der Waals surface area contributed by atoms with Crippen LogP contribution in [0.3, 0.4) is 0 Å². The van der Waals surface area contributed by atoms with Gasteiger partial charge in [-0.15, -0.1) is 0 Å². The minimum Gasteiger partial charge on any atom is -0.235 e. The molecule has 0 N–H and O–H groups in total. The van der Waals surface area contributed by atoms with Crippen LogP contribution in [-0.2, 0) is 5.92 Å².